The predicted octanol–water partition coefficient (Wildman–Crippen LogP) is 4.23. The monoisotopic (exact) mass is 397 g/mol. The van der Waals surface area contributed by atoms with Crippen LogP contribution in [0.3, 0.4) is 0 Å². The van der Waals surface area contributed by atoms with Gasteiger partial charge in [-0.15, -0.1) is 0 Å². The topological polar surface area (TPSA) is 87.9 Å². The van der Waals surface area contributed by atoms with E-state index in [9.17, 15) is 14.9 Å². The van der Waals surface area contributed by atoms with Crippen LogP contribution in [0.1, 0.15) is 5.56 Å². The minimum atomic E-state index is -0.687. The Morgan fingerprint density at radius 1 is 1.15 bits per heavy atom. The van der Waals surface area contributed by atoms with E-state index in [0.29, 0.717) is 15.6 Å². The SMILES string of the molecule is COc1cc(/C=C/[N+](=O)[O-])ccc1OC(=O)COc1cc(Cl)ccc1Cl. The van der Waals surface area contributed by atoms with Crippen LogP contribution >= 0.6 is 23.2 Å². The summed E-state index contributed by atoms with van der Waals surface area (Å²) in [6.07, 6.45) is 2.08. The molecule has 0 atom stereocenters. The van der Waals surface area contributed by atoms with Crippen molar-refractivity contribution >= 4 is 35.2 Å². The fourth-order valence-electron chi connectivity index (χ4n) is 1.90. The molecule has 0 saturated heterocycles. The molecule has 0 fully saturated rings. The first kappa shape index (κ1) is 19.6. The lowest BCUT2D eigenvalue weighted by atomic mass is 10.2. The van der Waals surface area contributed by atoms with E-state index < -0.39 is 17.5 Å². The smallest absolute Gasteiger partial charge is 0.349 e. The van der Waals surface area contributed by atoms with E-state index in [1.165, 1.54) is 31.4 Å². The second-order valence-corrected chi connectivity index (χ2v) is 5.69. The predicted molar refractivity (Wildman–Crippen MR) is 96.6 cm³/mol. The molecule has 0 radical (unpaired) electrons. The van der Waals surface area contributed by atoms with Gasteiger partial charge in [0.25, 0.3) is 0 Å². The average Bonchev–Trinajstić information content (AvgIpc) is 2.61. The van der Waals surface area contributed by atoms with Crippen molar-refractivity contribution in [2.45, 2.75) is 0 Å². The van der Waals surface area contributed by atoms with Crippen LogP contribution in [0.25, 0.3) is 6.08 Å². The molecule has 0 spiro atoms. The maximum atomic E-state index is 12.0. The molecule has 9 heteroatoms. The summed E-state index contributed by atoms with van der Waals surface area (Å²) in [7, 11) is 1.38. The van der Waals surface area contributed by atoms with Gasteiger partial charge in [-0.25, -0.2) is 4.79 Å². The first-order chi connectivity index (χ1) is 12.4. The van der Waals surface area contributed by atoms with Crippen LogP contribution in [0.4, 0.5) is 0 Å². The molecule has 0 unspecified atom stereocenters. The van der Waals surface area contributed by atoms with Crippen molar-refractivity contribution in [2.24, 2.45) is 0 Å². The number of halogens is 2. The molecule has 2 aromatic carbocycles. The number of carbonyl (C=O) groups excluding carboxylic acids is 1. The summed E-state index contributed by atoms with van der Waals surface area (Å²) in [6, 6.07) is 9.12. The average molecular weight is 398 g/mol. The van der Waals surface area contributed by atoms with Crippen molar-refractivity contribution < 1.29 is 23.9 Å². The van der Waals surface area contributed by atoms with Crippen LogP contribution in [0.15, 0.2) is 42.6 Å². The molecule has 0 aliphatic carbocycles. The summed E-state index contributed by atoms with van der Waals surface area (Å²) < 4.78 is 15.6. The van der Waals surface area contributed by atoms with Gasteiger partial charge in [0.1, 0.15) is 5.75 Å². The number of hydrogen-bond acceptors (Lipinski definition) is 6. The molecule has 0 aliphatic heterocycles. The zero-order chi connectivity index (χ0) is 19.1. The molecule has 0 N–H and O–H groups in total. The number of ether oxygens (including phenoxy) is 3. The van der Waals surface area contributed by atoms with E-state index in [0.717, 1.165) is 6.20 Å². The van der Waals surface area contributed by atoms with Gasteiger partial charge in [0.15, 0.2) is 18.1 Å². The molecular weight excluding hydrogens is 385 g/mol. The van der Waals surface area contributed by atoms with E-state index in [2.05, 4.69) is 0 Å². The van der Waals surface area contributed by atoms with Crippen LogP contribution < -0.4 is 14.2 Å². The highest BCUT2D eigenvalue weighted by Crippen LogP contribution is 2.30. The Morgan fingerprint density at radius 2 is 1.92 bits per heavy atom. The Kier molecular flexibility index (Phi) is 6.82. The molecule has 7 nitrogen and oxygen atoms in total. The number of nitrogens with zero attached hydrogens (tertiary/aromatic N) is 1. The second kappa shape index (κ2) is 9.07. The largest absolute Gasteiger partial charge is 0.493 e. The molecule has 2 rings (SSSR count). The first-order valence-corrected chi connectivity index (χ1v) is 7.93. The third kappa shape index (κ3) is 5.65. The highest BCUT2D eigenvalue weighted by atomic mass is 35.5. The summed E-state index contributed by atoms with van der Waals surface area (Å²) in [4.78, 5) is 21.7. The molecule has 0 aliphatic rings. The third-order valence-electron chi connectivity index (χ3n) is 3.04. The maximum absolute atomic E-state index is 12.0. The molecule has 0 heterocycles. The lowest BCUT2D eigenvalue weighted by Gasteiger charge is -2.11. The minimum absolute atomic E-state index is 0.150. The summed E-state index contributed by atoms with van der Waals surface area (Å²) >= 11 is 11.8. The van der Waals surface area contributed by atoms with Crippen LogP contribution in [-0.4, -0.2) is 24.6 Å². The van der Waals surface area contributed by atoms with E-state index in [4.69, 9.17) is 37.4 Å². The van der Waals surface area contributed by atoms with Gasteiger partial charge in [-0.1, -0.05) is 29.3 Å². The van der Waals surface area contributed by atoms with Crippen molar-refractivity contribution in [1.29, 1.82) is 0 Å². The maximum Gasteiger partial charge on any atom is 0.349 e. The molecule has 2 aromatic rings. The number of nitro groups is 1. The van der Waals surface area contributed by atoms with Crippen molar-refractivity contribution in [3.05, 3.63) is 68.3 Å². The molecule has 26 heavy (non-hydrogen) atoms. The lowest BCUT2D eigenvalue weighted by Crippen LogP contribution is -2.18. The summed E-state index contributed by atoms with van der Waals surface area (Å²) in [5.74, 6) is -0.0440. The molecule has 0 amide bonds. The zero-order valence-corrected chi connectivity index (χ0v) is 15.0. The minimum Gasteiger partial charge on any atom is -0.493 e. The molecule has 136 valence electrons. The number of methoxy groups -OCH3 is 1. The van der Waals surface area contributed by atoms with E-state index in [1.54, 1.807) is 18.2 Å². The normalized spacial score (nSPS) is 10.6. The van der Waals surface area contributed by atoms with E-state index >= 15 is 0 Å². The van der Waals surface area contributed by atoms with Gasteiger partial charge in [-0.2, -0.15) is 0 Å². The first-order valence-electron chi connectivity index (χ1n) is 7.17. The Bertz CT molecular complexity index is 853. The fraction of sp³-hybridized carbons (Fsp3) is 0.118. The quantitative estimate of drug-likeness (QED) is 0.300. The van der Waals surface area contributed by atoms with Gasteiger partial charge in [-0.05, 0) is 29.8 Å². The fourth-order valence-corrected chi connectivity index (χ4v) is 2.23. The van der Waals surface area contributed by atoms with Crippen LogP contribution in [-0.2, 0) is 4.79 Å². The van der Waals surface area contributed by atoms with Gasteiger partial charge in [0.05, 0.1) is 17.1 Å². The van der Waals surface area contributed by atoms with Gasteiger partial charge < -0.3 is 14.2 Å². The van der Waals surface area contributed by atoms with E-state index in [-0.39, 0.29) is 17.2 Å². The van der Waals surface area contributed by atoms with Gasteiger partial charge >= 0.3 is 5.97 Å². The molecule has 0 bridgehead atoms. The number of benzene rings is 2. The van der Waals surface area contributed by atoms with Crippen molar-refractivity contribution in [3.8, 4) is 17.2 Å². The highest BCUT2D eigenvalue weighted by molar-refractivity contribution is 6.34. The van der Waals surface area contributed by atoms with Crippen molar-refractivity contribution in [2.75, 3.05) is 13.7 Å². The van der Waals surface area contributed by atoms with Gasteiger partial charge in [-0.3, -0.25) is 10.1 Å². The number of esters is 1. The number of rotatable bonds is 7. The molecule has 0 aromatic heterocycles. The summed E-state index contributed by atoms with van der Waals surface area (Å²) in [6.45, 7) is -0.397. The Morgan fingerprint density at radius 3 is 2.62 bits per heavy atom. The van der Waals surface area contributed by atoms with Gasteiger partial charge in [0.2, 0.25) is 6.20 Å². The molecule has 0 saturated carbocycles. The van der Waals surface area contributed by atoms with E-state index in [1.807, 2.05) is 0 Å². The number of hydrogen-bond donors (Lipinski definition) is 0. The molecular formula is C17H13Cl2NO6. The zero-order valence-electron chi connectivity index (χ0n) is 13.5. The Labute approximate surface area is 158 Å². The highest BCUT2D eigenvalue weighted by Gasteiger charge is 2.13. The lowest BCUT2D eigenvalue weighted by molar-refractivity contribution is -0.400. The van der Waals surface area contributed by atoms with Gasteiger partial charge in [0, 0.05) is 17.2 Å². The summed E-state index contributed by atoms with van der Waals surface area (Å²) in [5, 5.41) is 11.1. The Hall–Kier alpha value is -2.77. The second-order valence-electron chi connectivity index (χ2n) is 4.85. The number of carbonyl (C=O) groups is 1. The standard InChI is InChI=1S/C17H13Cl2NO6/c1-24-16-8-11(6-7-20(22)23)2-5-14(16)26-17(21)10-25-15-9-12(18)3-4-13(15)19/h2-9H,10H2,1H3/b7-6+. The van der Waals surface area contributed by atoms with Crippen LogP contribution in [0, 0.1) is 10.1 Å². The summed E-state index contributed by atoms with van der Waals surface area (Å²) in [5.41, 5.74) is 0.514. The van der Waals surface area contributed by atoms with Crippen molar-refractivity contribution in [3.63, 3.8) is 0 Å². The third-order valence-corrected chi connectivity index (χ3v) is 3.59. The Balaban J connectivity index is 2.04. The van der Waals surface area contributed by atoms with Crippen LogP contribution in [0.5, 0.6) is 17.2 Å². The van der Waals surface area contributed by atoms with Crippen molar-refractivity contribution in [1.82, 2.24) is 0 Å². The van der Waals surface area contributed by atoms with Crippen LogP contribution in [0.2, 0.25) is 10.0 Å².